The van der Waals surface area contributed by atoms with E-state index in [0.717, 1.165) is 11.3 Å². The highest BCUT2D eigenvalue weighted by Gasteiger charge is 2.17. The predicted octanol–water partition coefficient (Wildman–Crippen LogP) is 2.68. The molecule has 1 heterocycles. The molecular formula is C14H22N2O. The molecule has 0 radical (unpaired) electrons. The number of nitrogens with zero attached hydrogens (tertiary/aromatic N) is 2. The van der Waals surface area contributed by atoms with Gasteiger partial charge >= 0.3 is 0 Å². The molecule has 1 saturated carbocycles. The largest absolute Gasteiger partial charge is 0.392 e. The second-order valence-corrected chi connectivity index (χ2v) is 5.06. The van der Waals surface area contributed by atoms with Gasteiger partial charge < -0.3 is 5.11 Å². The molecule has 3 nitrogen and oxygen atoms in total. The predicted molar refractivity (Wildman–Crippen MR) is 69.6 cm³/mol. The van der Waals surface area contributed by atoms with E-state index in [-0.39, 0.29) is 6.61 Å². The van der Waals surface area contributed by atoms with E-state index < -0.39 is 0 Å². The Balaban J connectivity index is 2.19. The van der Waals surface area contributed by atoms with Crippen LogP contribution in [0.1, 0.15) is 43.4 Å². The van der Waals surface area contributed by atoms with E-state index in [0.29, 0.717) is 5.92 Å². The molecule has 1 aliphatic carbocycles. The van der Waals surface area contributed by atoms with Crippen LogP contribution < -0.4 is 0 Å². The molecule has 0 aromatic carbocycles. The molecule has 0 spiro atoms. The van der Waals surface area contributed by atoms with Gasteiger partial charge in [-0.1, -0.05) is 19.3 Å². The first-order valence-corrected chi connectivity index (χ1v) is 6.52. The lowest BCUT2D eigenvalue weighted by Gasteiger charge is -2.23. The zero-order chi connectivity index (χ0) is 12.3. The Labute approximate surface area is 103 Å². The van der Waals surface area contributed by atoms with Crippen LogP contribution in [0.3, 0.4) is 0 Å². The van der Waals surface area contributed by atoms with Crippen LogP contribution in [-0.2, 0) is 7.05 Å². The molecule has 0 atom stereocenters. The molecule has 1 fully saturated rings. The average Bonchev–Trinajstić information content (AvgIpc) is 2.66. The van der Waals surface area contributed by atoms with Crippen molar-refractivity contribution in [3.05, 3.63) is 23.0 Å². The Morgan fingerprint density at radius 1 is 1.47 bits per heavy atom. The summed E-state index contributed by atoms with van der Waals surface area (Å²) in [5.41, 5.74) is 3.36. The summed E-state index contributed by atoms with van der Waals surface area (Å²) >= 11 is 0. The van der Waals surface area contributed by atoms with Crippen molar-refractivity contribution >= 4 is 6.08 Å². The molecule has 94 valence electrons. The van der Waals surface area contributed by atoms with E-state index >= 15 is 0 Å². The van der Waals surface area contributed by atoms with Crippen molar-refractivity contribution in [1.29, 1.82) is 0 Å². The third kappa shape index (κ3) is 2.97. The van der Waals surface area contributed by atoms with Crippen LogP contribution >= 0.6 is 0 Å². The Kier molecular flexibility index (Phi) is 4.00. The number of aromatic nitrogens is 2. The van der Waals surface area contributed by atoms with Gasteiger partial charge in [0.15, 0.2) is 0 Å². The lowest BCUT2D eigenvalue weighted by atomic mass is 9.83. The number of rotatable bonds is 3. The van der Waals surface area contributed by atoms with Crippen LogP contribution in [0.2, 0.25) is 0 Å². The van der Waals surface area contributed by atoms with E-state index in [1.165, 1.54) is 37.7 Å². The maximum absolute atomic E-state index is 9.54. The molecule has 1 N–H and O–H groups in total. The zero-order valence-electron chi connectivity index (χ0n) is 10.8. The smallest absolute Gasteiger partial charge is 0.0665 e. The Bertz CT molecular complexity index is 400. The molecule has 1 aliphatic rings. The fourth-order valence-corrected chi connectivity index (χ4v) is 2.73. The van der Waals surface area contributed by atoms with Gasteiger partial charge in [-0.25, -0.2) is 0 Å². The number of aliphatic hydroxyl groups excluding tert-OH is 1. The third-order valence-corrected chi connectivity index (χ3v) is 3.70. The summed E-state index contributed by atoms with van der Waals surface area (Å²) in [5, 5.41) is 13.9. The van der Waals surface area contributed by atoms with Gasteiger partial charge in [-0.3, -0.25) is 4.68 Å². The fourth-order valence-electron chi connectivity index (χ4n) is 2.73. The summed E-state index contributed by atoms with van der Waals surface area (Å²) in [5.74, 6) is 0.577. The van der Waals surface area contributed by atoms with E-state index in [1.807, 2.05) is 24.9 Å². The van der Waals surface area contributed by atoms with Crippen LogP contribution in [0.5, 0.6) is 0 Å². The summed E-state index contributed by atoms with van der Waals surface area (Å²) in [6.07, 6.45) is 10.6. The topological polar surface area (TPSA) is 38.0 Å². The normalized spacial score (nSPS) is 18.6. The monoisotopic (exact) mass is 234 g/mol. The summed E-state index contributed by atoms with van der Waals surface area (Å²) < 4.78 is 1.83. The van der Waals surface area contributed by atoms with E-state index in [9.17, 15) is 5.11 Å². The number of aryl methyl sites for hydroxylation is 2. The lowest BCUT2D eigenvalue weighted by molar-refractivity contribution is 0.295. The standard InChI is InChI=1S/C14H22N2O/c1-11-13(9-16(2)15-11)8-14(10-17)12-6-4-3-5-7-12/h8-9,12,17H,3-7,10H2,1-2H3/b14-8-. The molecule has 0 unspecified atom stereocenters. The van der Waals surface area contributed by atoms with Gasteiger partial charge in [0.1, 0.15) is 0 Å². The van der Waals surface area contributed by atoms with E-state index in [2.05, 4.69) is 11.2 Å². The summed E-state index contributed by atoms with van der Waals surface area (Å²) in [6.45, 7) is 2.20. The minimum absolute atomic E-state index is 0.180. The van der Waals surface area contributed by atoms with Crippen molar-refractivity contribution in [3.8, 4) is 0 Å². The summed E-state index contributed by atoms with van der Waals surface area (Å²) in [7, 11) is 1.93. The first-order valence-electron chi connectivity index (χ1n) is 6.52. The molecule has 0 amide bonds. The van der Waals surface area contributed by atoms with Gasteiger partial charge in [-0.2, -0.15) is 5.10 Å². The highest BCUT2D eigenvalue weighted by molar-refractivity contribution is 5.55. The molecule has 0 aliphatic heterocycles. The maximum Gasteiger partial charge on any atom is 0.0665 e. The van der Waals surface area contributed by atoms with Crippen LogP contribution in [-0.4, -0.2) is 21.5 Å². The minimum atomic E-state index is 0.180. The second-order valence-electron chi connectivity index (χ2n) is 5.06. The third-order valence-electron chi connectivity index (χ3n) is 3.70. The van der Waals surface area contributed by atoms with Gasteiger partial charge in [-0.15, -0.1) is 0 Å². The maximum atomic E-state index is 9.54. The quantitative estimate of drug-likeness (QED) is 0.873. The van der Waals surface area contributed by atoms with E-state index in [1.54, 1.807) is 0 Å². The molecule has 3 heteroatoms. The molecule has 1 aromatic heterocycles. The van der Waals surface area contributed by atoms with Gasteiger partial charge in [-0.05, 0) is 37.3 Å². The van der Waals surface area contributed by atoms with Gasteiger partial charge in [0.2, 0.25) is 0 Å². The SMILES string of the molecule is Cc1nn(C)cc1/C=C(/CO)C1CCCCC1. The van der Waals surface area contributed by atoms with Gasteiger partial charge in [0.25, 0.3) is 0 Å². The minimum Gasteiger partial charge on any atom is -0.392 e. The Morgan fingerprint density at radius 3 is 2.71 bits per heavy atom. The van der Waals surface area contributed by atoms with Crippen molar-refractivity contribution in [2.45, 2.75) is 39.0 Å². The van der Waals surface area contributed by atoms with Crippen LogP contribution in [0.15, 0.2) is 11.8 Å². The second kappa shape index (κ2) is 5.50. The van der Waals surface area contributed by atoms with E-state index in [4.69, 9.17) is 0 Å². The molecule has 2 rings (SSSR count). The van der Waals surface area contributed by atoms with Crippen LogP contribution in [0, 0.1) is 12.8 Å². The molecule has 0 bridgehead atoms. The highest BCUT2D eigenvalue weighted by Crippen LogP contribution is 2.30. The molecule has 1 aromatic rings. The first-order chi connectivity index (χ1) is 8.20. The van der Waals surface area contributed by atoms with Crippen molar-refractivity contribution in [1.82, 2.24) is 9.78 Å². The van der Waals surface area contributed by atoms with Gasteiger partial charge in [0, 0.05) is 18.8 Å². The van der Waals surface area contributed by atoms with Crippen molar-refractivity contribution in [3.63, 3.8) is 0 Å². The molecule has 17 heavy (non-hydrogen) atoms. The van der Waals surface area contributed by atoms with Crippen LogP contribution in [0.4, 0.5) is 0 Å². The Hall–Kier alpha value is -1.09. The fraction of sp³-hybridized carbons (Fsp3) is 0.643. The number of hydrogen-bond donors (Lipinski definition) is 1. The Morgan fingerprint density at radius 2 is 2.18 bits per heavy atom. The number of aliphatic hydroxyl groups is 1. The number of hydrogen-bond acceptors (Lipinski definition) is 2. The van der Waals surface area contributed by atoms with Gasteiger partial charge in [0.05, 0.1) is 12.3 Å². The summed E-state index contributed by atoms with van der Waals surface area (Å²) in [4.78, 5) is 0. The highest BCUT2D eigenvalue weighted by atomic mass is 16.3. The van der Waals surface area contributed by atoms with Crippen molar-refractivity contribution in [2.75, 3.05) is 6.61 Å². The van der Waals surface area contributed by atoms with Crippen molar-refractivity contribution in [2.24, 2.45) is 13.0 Å². The lowest BCUT2D eigenvalue weighted by Crippen LogP contribution is -2.11. The average molecular weight is 234 g/mol. The zero-order valence-corrected chi connectivity index (χ0v) is 10.8. The first kappa shape index (κ1) is 12.4. The summed E-state index contributed by atoms with van der Waals surface area (Å²) in [6, 6.07) is 0. The van der Waals surface area contributed by atoms with Crippen molar-refractivity contribution < 1.29 is 5.11 Å². The van der Waals surface area contributed by atoms with Crippen LogP contribution in [0.25, 0.3) is 6.08 Å². The molecule has 0 saturated heterocycles. The molecular weight excluding hydrogens is 212 g/mol.